The molecular weight excluding hydrogens is 326 g/mol. The number of rotatable bonds is 6. The molecule has 1 fully saturated rings. The Morgan fingerprint density at radius 3 is 2.16 bits per heavy atom. The summed E-state index contributed by atoms with van der Waals surface area (Å²) in [4.78, 5) is 1.67. The lowest BCUT2D eigenvalue weighted by atomic mass is 10.0. The van der Waals surface area contributed by atoms with Gasteiger partial charge in [-0.15, -0.1) is 0 Å². The van der Waals surface area contributed by atoms with Gasteiger partial charge in [-0.1, -0.05) is 60.7 Å². The van der Waals surface area contributed by atoms with Crippen molar-refractivity contribution < 1.29 is 4.90 Å². The van der Waals surface area contributed by atoms with E-state index in [-0.39, 0.29) is 0 Å². The maximum absolute atomic E-state index is 5.46. The zero-order valence-electron chi connectivity index (χ0n) is 14.7. The third-order valence-electron chi connectivity index (χ3n) is 4.87. The number of nitrogens with one attached hydrogen (secondary N) is 3. The molecule has 0 aliphatic carbocycles. The first-order chi connectivity index (χ1) is 12.3. The second-order valence-corrected chi connectivity index (χ2v) is 7.23. The summed E-state index contributed by atoms with van der Waals surface area (Å²) in [6.07, 6.45) is 3.37. The first kappa shape index (κ1) is 17.9. The molecule has 3 N–H and O–H groups in total. The van der Waals surface area contributed by atoms with Crippen LogP contribution in [0.3, 0.4) is 0 Å². The van der Waals surface area contributed by atoms with Crippen molar-refractivity contribution in [3.05, 3.63) is 71.8 Å². The van der Waals surface area contributed by atoms with E-state index in [1.807, 2.05) is 0 Å². The molecular formula is C21H28N3S+. The van der Waals surface area contributed by atoms with E-state index in [0.717, 1.165) is 24.6 Å². The summed E-state index contributed by atoms with van der Waals surface area (Å²) < 4.78 is 0. The maximum Gasteiger partial charge on any atom is 0.166 e. The van der Waals surface area contributed by atoms with Crippen LogP contribution >= 0.6 is 12.2 Å². The van der Waals surface area contributed by atoms with Crippen LogP contribution in [0.5, 0.6) is 0 Å². The van der Waals surface area contributed by atoms with Crippen molar-refractivity contribution in [2.75, 3.05) is 19.6 Å². The molecule has 132 valence electrons. The minimum absolute atomic E-state index is 0.510. The molecule has 0 unspecified atom stereocenters. The number of thiocarbonyl (C=S) groups is 1. The van der Waals surface area contributed by atoms with Gasteiger partial charge in [0.05, 0.1) is 13.1 Å². The summed E-state index contributed by atoms with van der Waals surface area (Å²) in [6.45, 7) is 4.43. The van der Waals surface area contributed by atoms with Crippen molar-refractivity contribution in [2.24, 2.45) is 0 Å². The second kappa shape index (κ2) is 9.54. The first-order valence-corrected chi connectivity index (χ1v) is 9.66. The Morgan fingerprint density at radius 1 is 0.920 bits per heavy atom. The van der Waals surface area contributed by atoms with Crippen LogP contribution in [0.25, 0.3) is 0 Å². The quantitative estimate of drug-likeness (QED) is 0.693. The number of quaternary nitrogens is 1. The van der Waals surface area contributed by atoms with Crippen molar-refractivity contribution in [2.45, 2.75) is 31.8 Å². The molecule has 1 aliphatic heterocycles. The highest BCUT2D eigenvalue weighted by molar-refractivity contribution is 7.80. The van der Waals surface area contributed by atoms with Gasteiger partial charge in [0.1, 0.15) is 6.54 Å². The number of hydrogen-bond acceptors (Lipinski definition) is 1. The van der Waals surface area contributed by atoms with E-state index in [0.29, 0.717) is 6.04 Å². The molecule has 25 heavy (non-hydrogen) atoms. The highest BCUT2D eigenvalue weighted by atomic mass is 32.1. The van der Waals surface area contributed by atoms with Crippen LogP contribution in [-0.2, 0) is 13.0 Å². The van der Waals surface area contributed by atoms with E-state index in [9.17, 15) is 0 Å². The molecule has 0 bridgehead atoms. The predicted octanol–water partition coefficient (Wildman–Crippen LogP) is 1.94. The van der Waals surface area contributed by atoms with Crippen molar-refractivity contribution >= 4 is 17.3 Å². The van der Waals surface area contributed by atoms with Crippen LogP contribution in [0.4, 0.5) is 0 Å². The molecule has 2 aromatic carbocycles. The van der Waals surface area contributed by atoms with Crippen molar-refractivity contribution in [3.63, 3.8) is 0 Å². The second-order valence-electron chi connectivity index (χ2n) is 6.82. The third-order valence-corrected chi connectivity index (χ3v) is 5.13. The van der Waals surface area contributed by atoms with Gasteiger partial charge in [-0.05, 0) is 24.2 Å². The molecule has 2 aromatic rings. The maximum atomic E-state index is 5.46. The van der Waals surface area contributed by atoms with E-state index in [2.05, 4.69) is 71.3 Å². The van der Waals surface area contributed by atoms with Crippen LogP contribution in [0, 0.1) is 0 Å². The van der Waals surface area contributed by atoms with Crippen molar-refractivity contribution in [1.29, 1.82) is 0 Å². The number of likely N-dealkylation sites (tertiary alicyclic amines) is 1. The van der Waals surface area contributed by atoms with Gasteiger partial charge in [0.15, 0.2) is 5.11 Å². The van der Waals surface area contributed by atoms with Gasteiger partial charge in [-0.25, -0.2) is 0 Å². The predicted molar refractivity (Wildman–Crippen MR) is 108 cm³/mol. The lowest BCUT2D eigenvalue weighted by Gasteiger charge is -2.30. The summed E-state index contributed by atoms with van der Waals surface area (Å²) >= 11 is 5.46. The number of hydrogen-bond donors (Lipinski definition) is 3. The van der Waals surface area contributed by atoms with Crippen molar-refractivity contribution in [3.8, 4) is 0 Å². The summed E-state index contributed by atoms with van der Waals surface area (Å²) in [5.74, 6) is 0. The van der Waals surface area contributed by atoms with E-state index >= 15 is 0 Å². The van der Waals surface area contributed by atoms with Gasteiger partial charge in [0.2, 0.25) is 0 Å². The Hall–Kier alpha value is -1.91. The van der Waals surface area contributed by atoms with Crippen LogP contribution in [-0.4, -0.2) is 30.8 Å². The molecule has 4 heteroatoms. The summed E-state index contributed by atoms with van der Waals surface area (Å²) in [6, 6.07) is 21.8. The molecule has 0 atom stereocenters. The standard InChI is InChI=1S/C21H27N3S/c25-21(22-14-11-18-7-3-1-4-8-18)23-20-12-15-24(16-13-20)17-19-9-5-2-6-10-19/h1-10,20H,11-17H2,(H2,22,23,25)/p+1. The molecule has 3 nitrogen and oxygen atoms in total. The minimum atomic E-state index is 0.510. The molecule has 1 saturated heterocycles. The van der Waals surface area contributed by atoms with E-state index in [1.54, 1.807) is 4.90 Å². The summed E-state index contributed by atoms with van der Waals surface area (Å²) in [5, 5.41) is 7.64. The van der Waals surface area contributed by atoms with Crippen LogP contribution in [0.1, 0.15) is 24.0 Å². The molecule has 0 spiro atoms. The van der Waals surface area contributed by atoms with Gasteiger partial charge in [0.25, 0.3) is 0 Å². The molecule has 3 rings (SSSR count). The highest BCUT2D eigenvalue weighted by Crippen LogP contribution is 2.02. The van der Waals surface area contributed by atoms with Crippen LogP contribution in [0.2, 0.25) is 0 Å². The fourth-order valence-electron chi connectivity index (χ4n) is 3.43. The zero-order chi connectivity index (χ0) is 17.3. The smallest absolute Gasteiger partial charge is 0.166 e. The molecule has 0 amide bonds. The van der Waals surface area contributed by atoms with Gasteiger partial charge < -0.3 is 15.5 Å². The van der Waals surface area contributed by atoms with E-state index in [4.69, 9.17) is 12.2 Å². The largest absolute Gasteiger partial charge is 0.362 e. The zero-order valence-corrected chi connectivity index (χ0v) is 15.5. The SMILES string of the molecule is S=C(NCCc1ccccc1)NC1CC[NH+](Cc2ccccc2)CC1. The average Bonchev–Trinajstić information content (AvgIpc) is 2.65. The normalized spacial score (nSPS) is 20.0. The Balaban J connectivity index is 1.32. The number of benzene rings is 2. The van der Waals surface area contributed by atoms with E-state index < -0.39 is 0 Å². The Morgan fingerprint density at radius 2 is 1.52 bits per heavy atom. The Bertz CT molecular complexity index is 637. The Labute approximate surface area is 156 Å². The van der Waals surface area contributed by atoms with Crippen LogP contribution < -0.4 is 15.5 Å². The number of piperidine rings is 1. The topological polar surface area (TPSA) is 28.5 Å². The van der Waals surface area contributed by atoms with Gasteiger partial charge >= 0.3 is 0 Å². The summed E-state index contributed by atoms with van der Waals surface area (Å²) in [5.41, 5.74) is 2.78. The lowest BCUT2D eigenvalue weighted by molar-refractivity contribution is -0.918. The average molecular weight is 355 g/mol. The lowest BCUT2D eigenvalue weighted by Crippen LogP contribution is -3.12. The minimum Gasteiger partial charge on any atom is -0.362 e. The van der Waals surface area contributed by atoms with Crippen molar-refractivity contribution in [1.82, 2.24) is 10.6 Å². The third kappa shape index (κ3) is 6.15. The molecule has 0 aromatic heterocycles. The first-order valence-electron chi connectivity index (χ1n) is 9.25. The molecule has 1 aliphatic rings. The monoisotopic (exact) mass is 354 g/mol. The molecule has 0 saturated carbocycles. The van der Waals surface area contributed by atoms with Gasteiger partial charge in [0, 0.05) is 31.0 Å². The Kier molecular flexibility index (Phi) is 6.83. The van der Waals surface area contributed by atoms with E-state index in [1.165, 1.54) is 37.1 Å². The van der Waals surface area contributed by atoms with Gasteiger partial charge in [-0.2, -0.15) is 0 Å². The molecule has 0 radical (unpaired) electrons. The molecule has 1 heterocycles. The van der Waals surface area contributed by atoms with Gasteiger partial charge in [-0.3, -0.25) is 0 Å². The fourth-order valence-corrected chi connectivity index (χ4v) is 3.70. The summed E-state index contributed by atoms with van der Waals surface area (Å²) in [7, 11) is 0. The fraction of sp³-hybridized carbons (Fsp3) is 0.381. The van der Waals surface area contributed by atoms with Crippen LogP contribution in [0.15, 0.2) is 60.7 Å². The highest BCUT2D eigenvalue weighted by Gasteiger charge is 2.22.